The number of rotatable bonds is 7. The van der Waals surface area contributed by atoms with Crippen molar-refractivity contribution in [2.24, 2.45) is 10.2 Å². The number of esters is 2. The highest BCUT2D eigenvalue weighted by Crippen LogP contribution is 2.22. The molecule has 0 saturated heterocycles. The number of carbonyl (C=O) groups is 2. The number of hydrogen-bond donors (Lipinski definition) is 0. The summed E-state index contributed by atoms with van der Waals surface area (Å²) in [5, 5.41) is 8.40. The zero-order chi connectivity index (χ0) is 22.2. The molecule has 31 heavy (non-hydrogen) atoms. The molecule has 0 N–H and O–H groups in total. The average Bonchev–Trinajstić information content (AvgIpc) is 2.79. The Kier molecular flexibility index (Phi) is 7.11. The van der Waals surface area contributed by atoms with Gasteiger partial charge < -0.3 is 14.4 Å². The van der Waals surface area contributed by atoms with Crippen molar-refractivity contribution in [3.63, 3.8) is 0 Å². The van der Waals surface area contributed by atoms with Crippen molar-refractivity contribution >= 4 is 29.0 Å². The minimum Gasteiger partial charge on any atom is -0.462 e. The number of hydrogen-bond acceptors (Lipinski definition) is 7. The van der Waals surface area contributed by atoms with Crippen LogP contribution in [0.15, 0.2) is 83.0 Å². The number of anilines is 1. The molecular weight excluding hydrogens is 394 g/mol. The molecule has 0 saturated carbocycles. The molecule has 0 amide bonds. The predicted octanol–water partition coefficient (Wildman–Crippen LogP) is 5.56. The highest BCUT2D eigenvalue weighted by Gasteiger charge is 2.10. The minimum atomic E-state index is -0.508. The van der Waals surface area contributed by atoms with Gasteiger partial charge in [0.15, 0.2) is 0 Å². The van der Waals surface area contributed by atoms with Crippen LogP contribution in [0.2, 0.25) is 0 Å². The van der Waals surface area contributed by atoms with Gasteiger partial charge in [0.1, 0.15) is 5.75 Å². The lowest BCUT2D eigenvalue weighted by atomic mass is 10.2. The van der Waals surface area contributed by atoms with Crippen molar-refractivity contribution < 1.29 is 19.1 Å². The maximum atomic E-state index is 12.3. The lowest BCUT2D eigenvalue weighted by Gasteiger charge is -2.11. The second-order valence-corrected chi connectivity index (χ2v) is 6.79. The van der Waals surface area contributed by atoms with Crippen LogP contribution in [0.5, 0.6) is 5.75 Å². The molecule has 0 aliphatic rings. The molecule has 0 aliphatic carbocycles. The van der Waals surface area contributed by atoms with Gasteiger partial charge in [0.2, 0.25) is 0 Å². The highest BCUT2D eigenvalue weighted by atomic mass is 16.5. The van der Waals surface area contributed by atoms with Gasteiger partial charge in [-0.2, -0.15) is 10.2 Å². The number of carbonyl (C=O) groups excluding carboxylic acids is 2. The smallest absolute Gasteiger partial charge is 0.343 e. The number of ether oxygens (including phenoxy) is 2. The maximum absolute atomic E-state index is 12.3. The van der Waals surface area contributed by atoms with Gasteiger partial charge in [-0.1, -0.05) is 0 Å². The summed E-state index contributed by atoms with van der Waals surface area (Å²) in [5.74, 6) is -0.589. The van der Waals surface area contributed by atoms with E-state index >= 15 is 0 Å². The molecule has 3 aromatic rings. The van der Waals surface area contributed by atoms with Crippen molar-refractivity contribution in [1.82, 2.24) is 0 Å². The van der Waals surface area contributed by atoms with E-state index in [1.165, 1.54) is 0 Å². The Morgan fingerprint density at radius 1 is 0.742 bits per heavy atom. The molecule has 0 heterocycles. The Bertz CT molecular complexity index is 1060. The van der Waals surface area contributed by atoms with Crippen LogP contribution < -0.4 is 9.64 Å². The zero-order valence-electron chi connectivity index (χ0n) is 17.6. The maximum Gasteiger partial charge on any atom is 0.343 e. The molecule has 3 rings (SSSR count). The third-order valence-electron chi connectivity index (χ3n) is 4.33. The van der Waals surface area contributed by atoms with Crippen LogP contribution in [0.1, 0.15) is 27.6 Å². The van der Waals surface area contributed by atoms with E-state index in [2.05, 4.69) is 10.2 Å². The summed E-state index contributed by atoms with van der Waals surface area (Å²) < 4.78 is 10.3. The van der Waals surface area contributed by atoms with E-state index < -0.39 is 11.9 Å². The standard InChI is InChI=1S/C24H23N3O4/c1-4-30-23(28)17-7-15-22(16-8-17)31-24(29)18-5-9-19(10-6-18)25-26-20-11-13-21(14-12-20)27(2)3/h5-16H,4H2,1-3H3. The van der Waals surface area contributed by atoms with Crippen LogP contribution >= 0.6 is 0 Å². The lowest BCUT2D eigenvalue weighted by Crippen LogP contribution is -2.09. The Morgan fingerprint density at radius 3 is 1.74 bits per heavy atom. The fourth-order valence-corrected chi connectivity index (χ4v) is 2.64. The van der Waals surface area contributed by atoms with Gasteiger partial charge in [-0.05, 0) is 79.7 Å². The summed E-state index contributed by atoms with van der Waals surface area (Å²) in [4.78, 5) is 26.0. The van der Waals surface area contributed by atoms with Crippen molar-refractivity contribution in [2.75, 3.05) is 25.6 Å². The first-order chi connectivity index (χ1) is 15.0. The zero-order valence-corrected chi connectivity index (χ0v) is 17.6. The van der Waals surface area contributed by atoms with Crippen LogP contribution in [0.25, 0.3) is 0 Å². The molecule has 0 aromatic heterocycles. The van der Waals surface area contributed by atoms with Gasteiger partial charge in [0.25, 0.3) is 0 Å². The Hall–Kier alpha value is -4.00. The molecule has 158 valence electrons. The fourth-order valence-electron chi connectivity index (χ4n) is 2.64. The molecule has 0 radical (unpaired) electrons. The topological polar surface area (TPSA) is 80.6 Å². The van der Waals surface area contributed by atoms with Crippen LogP contribution in [0.3, 0.4) is 0 Å². The van der Waals surface area contributed by atoms with Crippen LogP contribution in [-0.4, -0.2) is 32.6 Å². The second kappa shape index (κ2) is 10.2. The Labute approximate surface area is 180 Å². The van der Waals surface area contributed by atoms with Crippen molar-refractivity contribution in [2.45, 2.75) is 6.92 Å². The molecule has 0 spiro atoms. The third kappa shape index (κ3) is 5.99. The monoisotopic (exact) mass is 417 g/mol. The predicted molar refractivity (Wildman–Crippen MR) is 119 cm³/mol. The SMILES string of the molecule is CCOC(=O)c1ccc(OC(=O)c2ccc(N=Nc3ccc(N(C)C)cc3)cc2)cc1. The summed E-state index contributed by atoms with van der Waals surface area (Å²) in [6.45, 7) is 2.04. The molecule has 7 nitrogen and oxygen atoms in total. The molecule has 0 fully saturated rings. The summed E-state index contributed by atoms with van der Waals surface area (Å²) >= 11 is 0. The highest BCUT2D eigenvalue weighted by molar-refractivity contribution is 5.92. The first-order valence-electron chi connectivity index (χ1n) is 9.75. The Balaban J connectivity index is 1.60. The fraction of sp³-hybridized carbons (Fsp3) is 0.167. The second-order valence-electron chi connectivity index (χ2n) is 6.79. The van der Waals surface area contributed by atoms with Crippen molar-refractivity contribution in [1.29, 1.82) is 0 Å². The number of azo groups is 1. The number of benzene rings is 3. The molecule has 7 heteroatoms. The van der Waals surface area contributed by atoms with Gasteiger partial charge in [-0.25, -0.2) is 9.59 Å². The van der Waals surface area contributed by atoms with E-state index in [-0.39, 0.29) is 0 Å². The van der Waals surface area contributed by atoms with Gasteiger partial charge in [-0.3, -0.25) is 0 Å². The lowest BCUT2D eigenvalue weighted by molar-refractivity contribution is 0.0526. The third-order valence-corrected chi connectivity index (χ3v) is 4.33. The van der Waals surface area contributed by atoms with Gasteiger partial charge in [0, 0.05) is 19.8 Å². The van der Waals surface area contributed by atoms with E-state index in [0.29, 0.717) is 29.2 Å². The molecule has 0 aliphatic heterocycles. The van der Waals surface area contributed by atoms with Gasteiger partial charge in [-0.15, -0.1) is 0 Å². The quantitative estimate of drug-likeness (QED) is 0.285. The molecule has 0 atom stereocenters. The van der Waals surface area contributed by atoms with Crippen LogP contribution in [0, 0.1) is 0 Å². The minimum absolute atomic E-state index is 0.299. The van der Waals surface area contributed by atoms with Crippen molar-refractivity contribution in [3.8, 4) is 5.75 Å². The van der Waals surface area contributed by atoms with Crippen LogP contribution in [-0.2, 0) is 4.74 Å². The van der Waals surface area contributed by atoms with Gasteiger partial charge >= 0.3 is 11.9 Å². The van der Waals surface area contributed by atoms with E-state index in [1.54, 1.807) is 55.5 Å². The molecule has 0 bridgehead atoms. The summed E-state index contributed by atoms with van der Waals surface area (Å²) in [6, 6.07) is 20.5. The Morgan fingerprint density at radius 2 is 1.23 bits per heavy atom. The molecule has 3 aromatic carbocycles. The van der Waals surface area contributed by atoms with Gasteiger partial charge in [0.05, 0.1) is 29.1 Å². The van der Waals surface area contributed by atoms with Crippen LogP contribution in [0.4, 0.5) is 17.1 Å². The summed E-state index contributed by atoms with van der Waals surface area (Å²) in [5.41, 5.74) is 3.21. The first kappa shape index (κ1) is 21.7. The van der Waals surface area contributed by atoms with E-state index in [1.807, 2.05) is 43.3 Å². The van der Waals surface area contributed by atoms with E-state index in [4.69, 9.17) is 9.47 Å². The van der Waals surface area contributed by atoms with Crippen molar-refractivity contribution in [3.05, 3.63) is 83.9 Å². The van der Waals surface area contributed by atoms with E-state index in [9.17, 15) is 9.59 Å². The first-order valence-corrected chi connectivity index (χ1v) is 9.75. The normalized spacial score (nSPS) is 10.7. The largest absolute Gasteiger partial charge is 0.462 e. The molecular formula is C24H23N3O4. The summed E-state index contributed by atoms with van der Waals surface area (Å²) in [6.07, 6.45) is 0. The average molecular weight is 417 g/mol. The number of nitrogens with zero attached hydrogens (tertiary/aromatic N) is 3. The summed E-state index contributed by atoms with van der Waals surface area (Å²) in [7, 11) is 3.95. The molecule has 0 unspecified atom stereocenters. The van der Waals surface area contributed by atoms with E-state index in [0.717, 1.165) is 11.4 Å².